The van der Waals surface area contributed by atoms with Crippen molar-refractivity contribution in [1.29, 1.82) is 0 Å². The Kier molecular flexibility index (Phi) is 15.0. The van der Waals surface area contributed by atoms with E-state index in [0.29, 0.717) is 51.6 Å². The molecule has 0 aromatic carbocycles. The summed E-state index contributed by atoms with van der Waals surface area (Å²) in [5, 5.41) is 6.85. The van der Waals surface area contributed by atoms with E-state index in [9.17, 15) is 0 Å². The Morgan fingerprint density at radius 2 is 0.667 bits per heavy atom. The number of rotatable bonds is 12. The van der Waals surface area contributed by atoms with Gasteiger partial charge in [-0.05, 0) is 0 Å². The summed E-state index contributed by atoms with van der Waals surface area (Å²) in [7, 11) is -1.13. The van der Waals surface area contributed by atoms with Gasteiger partial charge < -0.3 is 0 Å². The van der Waals surface area contributed by atoms with Crippen LogP contribution in [0.4, 0.5) is 0 Å². The van der Waals surface area contributed by atoms with E-state index in [2.05, 4.69) is 55.4 Å². The molecule has 0 saturated carbocycles. The predicted molar refractivity (Wildman–Crippen MR) is 107 cm³/mol. The van der Waals surface area contributed by atoms with Crippen LogP contribution in [-0.4, -0.2) is 51.6 Å². The van der Waals surface area contributed by atoms with Crippen LogP contribution in [0.3, 0.4) is 0 Å². The molecule has 0 N–H and O–H groups in total. The molecule has 0 aromatic heterocycles. The molecule has 0 saturated heterocycles. The van der Waals surface area contributed by atoms with E-state index < -0.39 is 7.31 Å². The predicted octanol–water partition coefficient (Wildman–Crippen LogP) is 3.84. The van der Waals surface area contributed by atoms with Gasteiger partial charge in [0.2, 0.25) is 0 Å². The fraction of sp³-hybridized carbons (Fsp3) is 1.00. The normalized spacial score (nSPS) is 17.7. The molecule has 5 heteroatoms. The molecule has 0 rings (SSSR count). The van der Waals surface area contributed by atoms with Crippen LogP contribution in [0.2, 0.25) is 20.8 Å². The van der Waals surface area contributed by atoms with Gasteiger partial charge in [0.25, 0.3) is 0 Å². The maximum absolute atomic E-state index is 2.49. The summed E-state index contributed by atoms with van der Waals surface area (Å²) in [6, 6.07) is 0. The quantitative estimate of drug-likeness (QED) is 0.308. The Morgan fingerprint density at radius 3 is 0.810 bits per heavy atom. The van der Waals surface area contributed by atoms with Gasteiger partial charge in [0.15, 0.2) is 0 Å². The molecule has 0 radical (unpaired) electrons. The zero-order chi connectivity index (χ0) is 16.5. The zero-order valence-corrected chi connectivity index (χ0v) is 25.6. The fourth-order valence-corrected chi connectivity index (χ4v) is 127. The van der Waals surface area contributed by atoms with Crippen LogP contribution < -0.4 is 0 Å². The van der Waals surface area contributed by atoms with Crippen molar-refractivity contribution in [3.8, 4) is 0 Å². The summed E-state index contributed by atoms with van der Waals surface area (Å²) < 4.78 is 0. The average Bonchev–Trinajstić information content (AvgIpc) is 2.36. The molecule has 4 atom stereocenters. The van der Waals surface area contributed by atoms with Crippen molar-refractivity contribution in [3.05, 3.63) is 0 Å². The summed E-state index contributed by atoms with van der Waals surface area (Å²) in [6.45, 7) is 19.9. The first-order valence-corrected chi connectivity index (χ1v) is 35.0. The summed E-state index contributed by atoms with van der Waals surface area (Å²) in [4.78, 5) is 0. The monoisotopic (exact) mass is 580 g/mol. The van der Waals surface area contributed by atoms with E-state index >= 15 is 0 Å². The zero-order valence-electron chi connectivity index (χ0n) is 15.6. The Morgan fingerprint density at radius 1 is 0.476 bits per heavy atom. The van der Waals surface area contributed by atoms with E-state index in [0.717, 1.165) is 23.7 Å². The van der Waals surface area contributed by atoms with Gasteiger partial charge in [0.05, 0.1) is 0 Å². The van der Waals surface area contributed by atoms with Crippen molar-refractivity contribution in [1.82, 2.24) is 0 Å². The van der Waals surface area contributed by atoms with Crippen LogP contribution in [0.5, 0.6) is 0 Å². The van der Waals surface area contributed by atoms with Crippen LogP contribution >= 0.6 is 0 Å². The molecular weight excluding hydrogens is 540 g/mol. The van der Waals surface area contributed by atoms with Crippen LogP contribution in [0, 0.1) is 23.7 Å². The third kappa shape index (κ3) is 13.9. The topological polar surface area (TPSA) is 0 Å². The van der Waals surface area contributed by atoms with Gasteiger partial charge in [-0.1, -0.05) is 0 Å². The molecule has 0 aliphatic carbocycles. The van der Waals surface area contributed by atoms with Crippen molar-refractivity contribution in [2.24, 2.45) is 23.7 Å². The van der Waals surface area contributed by atoms with Gasteiger partial charge in [0.1, 0.15) is 0 Å². The van der Waals surface area contributed by atoms with Gasteiger partial charge in [-0.25, -0.2) is 0 Å². The molecule has 0 aliphatic heterocycles. The second kappa shape index (κ2) is 13.2. The van der Waals surface area contributed by atoms with Crippen molar-refractivity contribution in [2.45, 2.75) is 76.2 Å². The fourth-order valence-electron chi connectivity index (χ4n) is 1.80. The summed E-state index contributed by atoms with van der Waals surface area (Å²) in [5.41, 5.74) is 0. The van der Waals surface area contributed by atoms with E-state index in [4.69, 9.17) is 0 Å². The van der Waals surface area contributed by atoms with Crippen molar-refractivity contribution in [2.75, 3.05) is 0 Å². The number of hydrogen-bond acceptors (Lipinski definition) is 0. The van der Waals surface area contributed by atoms with E-state index in [1.165, 1.54) is 0 Å². The first-order valence-electron chi connectivity index (χ1n) is 8.67. The second-order valence-corrected chi connectivity index (χ2v) is 108. The molecule has 0 nitrogen and oxygen atoms in total. The van der Waals surface area contributed by atoms with Gasteiger partial charge in [-0.3, -0.25) is 0 Å². The minimum absolute atomic E-state index is 0.538. The SMILES string of the molecule is CC(C)C[AsH][Ti]([AsH]CC(C)C)([AsH]CC(C)C)[AsH]CC(C)C. The molecule has 0 amide bonds. The van der Waals surface area contributed by atoms with Crippen molar-refractivity contribution >= 4 is 51.6 Å². The summed E-state index contributed by atoms with van der Waals surface area (Å²) >= 11 is 2.15. The summed E-state index contributed by atoms with van der Waals surface area (Å²) in [5.74, 6) is 4.04. The molecule has 4 unspecified atom stereocenters. The average molecular weight is 580 g/mol. The van der Waals surface area contributed by atoms with Crippen LogP contribution in [-0.2, 0) is 7.31 Å². The molecule has 0 heterocycles. The first kappa shape index (κ1) is 23.9. The third-order valence-electron chi connectivity index (χ3n) is 3.10. The van der Waals surface area contributed by atoms with Crippen LogP contribution in [0.15, 0.2) is 0 Å². The van der Waals surface area contributed by atoms with E-state index in [-0.39, 0.29) is 0 Å². The molecular formula is C16H40As4Ti. The van der Waals surface area contributed by atoms with Gasteiger partial charge >= 0.3 is 159 Å². The molecule has 0 bridgehead atoms. The second-order valence-electron chi connectivity index (χ2n) is 7.85. The molecule has 0 fully saturated rings. The van der Waals surface area contributed by atoms with Gasteiger partial charge in [0, 0.05) is 0 Å². The Balaban J connectivity index is 4.85. The number of hydrogen-bond donors (Lipinski definition) is 0. The maximum atomic E-state index is 2.49. The summed E-state index contributed by atoms with van der Waals surface area (Å²) in [6.07, 6.45) is 0. The van der Waals surface area contributed by atoms with Crippen LogP contribution in [0.25, 0.3) is 0 Å². The van der Waals surface area contributed by atoms with E-state index in [1.807, 2.05) is 0 Å². The van der Waals surface area contributed by atoms with Gasteiger partial charge in [-0.2, -0.15) is 0 Å². The Bertz CT molecular complexity index is 201. The standard InChI is InChI=1S/4C4H10As.Ti/c4*1-4(2)3-5;/h4*4-5H,3H2,1-2H3;/q4*-1;+4. The Hall–Kier alpha value is 2.95. The Labute approximate surface area is 156 Å². The van der Waals surface area contributed by atoms with Crippen molar-refractivity contribution < 1.29 is 7.31 Å². The van der Waals surface area contributed by atoms with E-state index in [1.54, 1.807) is 20.8 Å². The van der Waals surface area contributed by atoms with Gasteiger partial charge in [-0.15, -0.1) is 0 Å². The molecule has 0 aliphatic rings. The first-order chi connectivity index (χ1) is 9.67. The molecule has 0 spiro atoms. The molecule has 21 heavy (non-hydrogen) atoms. The third-order valence-corrected chi connectivity index (χ3v) is 135. The molecule has 128 valence electrons. The molecule has 0 aromatic rings. The minimum atomic E-state index is -1.13. The van der Waals surface area contributed by atoms with Crippen molar-refractivity contribution in [3.63, 3.8) is 0 Å². The van der Waals surface area contributed by atoms with Crippen LogP contribution in [0.1, 0.15) is 55.4 Å².